The van der Waals surface area contributed by atoms with Crippen molar-refractivity contribution in [1.82, 2.24) is 4.90 Å². The van der Waals surface area contributed by atoms with Gasteiger partial charge in [-0.2, -0.15) is 0 Å². The molecular formula is C13H26N2O2. The molecule has 1 amide bonds. The lowest BCUT2D eigenvalue weighted by atomic mass is 9.89. The van der Waals surface area contributed by atoms with Crippen molar-refractivity contribution in [2.45, 2.75) is 57.6 Å². The molecule has 1 unspecified atom stereocenters. The smallest absolute Gasteiger partial charge is 0.242 e. The average molecular weight is 242 g/mol. The molecule has 1 saturated heterocycles. The van der Waals surface area contributed by atoms with Crippen LogP contribution in [0, 0.1) is 0 Å². The van der Waals surface area contributed by atoms with Crippen LogP contribution in [0.4, 0.5) is 0 Å². The molecule has 0 aromatic heterocycles. The molecule has 0 aromatic carbocycles. The Balaban J connectivity index is 2.76. The summed E-state index contributed by atoms with van der Waals surface area (Å²) in [5.41, 5.74) is 5.25. The summed E-state index contributed by atoms with van der Waals surface area (Å²) in [7, 11) is 1.71. The molecule has 1 fully saturated rings. The summed E-state index contributed by atoms with van der Waals surface area (Å²) in [6.45, 7) is 7.46. The number of amides is 1. The number of ether oxygens (including phenoxy) is 1. The van der Waals surface area contributed by atoms with Crippen molar-refractivity contribution in [2.24, 2.45) is 5.73 Å². The number of rotatable bonds is 4. The molecule has 4 nitrogen and oxygen atoms in total. The van der Waals surface area contributed by atoms with Crippen molar-refractivity contribution in [3.63, 3.8) is 0 Å². The first-order valence-corrected chi connectivity index (χ1v) is 6.54. The Hall–Kier alpha value is -0.610. The molecule has 1 atom stereocenters. The number of hydrogen-bond acceptors (Lipinski definition) is 3. The summed E-state index contributed by atoms with van der Waals surface area (Å²) in [5, 5.41) is 0. The van der Waals surface area contributed by atoms with Gasteiger partial charge in [0.2, 0.25) is 5.91 Å². The van der Waals surface area contributed by atoms with E-state index in [0.717, 1.165) is 19.4 Å². The highest BCUT2D eigenvalue weighted by molar-refractivity contribution is 5.86. The predicted octanol–water partition coefficient (Wildman–Crippen LogP) is 1.53. The molecule has 1 rings (SSSR count). The molecule has 0 radical (unpaired) electrons. The van der Waals surface area contributed by atoms with E-state index in [9.17, 15) is 4.79 Å². The molecular weight excluding hydrogens is 216 g/mol. The Morgan fingerprint density at radius 3 is 2.53 bits per heavy atom. The number of nitrogens with zero attached hydrogens (tertiary/aromatic N) is 1. The average Bonchev–Trinajstić information content (AvgIpc) is 2.37. The van der Waals surface area contributed by atoms with Gasteiger partial charge in [0.05, 0.1) is 11.1 Å². The van der Waals surface area contributed by atoms with Crippen LogP contribution in [0.2, 0.25) is 0 Å². The largest absolute Gasteiger partial charge is 0.377 e. The first kappa shape index (κ1) is 14.5. The fourth-order valence-electron chi connectivity index (χ4n) is 2.41. The minimum atomic E-state index is -0.702. The lowest BCUT2D eigenvalue weighted by Crippen LogP contribution is -2.59. The molecule has 0 aromatic rings. The van der Waals surface area contributed by atoms with E-state index in [1.165, 1.54) is 0 Å². The number of carbonyl (C=O) groups excluding carboxylic acids is 1. The van der Waals surface area contributed by atoms with E-state index in [-0.39, 0.29) is 11.5 Å². The zero-order valence-electron chi connectivity index (χ0n) is 11.6. The van der Waals surface area contributed by atoms with Gasteiger partial charge in [-0.15, -0.1) is 0 Å². The van der Waals surface area contributed by atoms with Crippen molar-refractivity contribution >= 4 is 5.91 Å². The van der Waals surface area contributed by atoms with Crippen molar-refractivity contribution in [3.05, 3.63) is 0 Å². The van der Waals surface area contributed by atoms with E-state index in [1.807, 2.05) is 18.7 Å². The molecule has 4 heteroatoms. The van der Waals surface area contributed by atoms with Crippen LogP contribution < -0.4 is 5.73 Å². The zero-order valence-corrected chi connectivity index (χ0v) is 11.6. The maximum Gasteiger partial charge on any atom is 0.242 e. The summed E-state index contributed by atoms with van der Waals surface area (Å²) < 4.78 is 5.50. The van der Waals surface area contributed by atoms with Crippen LogP contribution >= 0.6 is 0 Å². The summed E-state index contributed by atoms with van der Waals surface area (Å²) in [6, 6.07) is 0. The summed E-state index contributed by atoms with van der Waals surface area (Å²) >= 11 is 0. The molecule has 0 bridgehead atoms. The van der Waals surface area contributed by atoms with Gasteiger partial charge >= 0.3 is 0 Å². The van der Waals surface area contributed by atoms with Gasteiger partial charge in [-0.25, -0.2) is 0 Å². The van der Waals surface area contributed by atoms with Gasteiger partial charge in [0.1, 0.15) is 0 Å². The van der Waals surface area contributed by atoms with Gasteiger partial charge < -0.3 is 15.4 Å². The summed E-state index contributed by atoms with van der Waals surface area (Å²) in [6.07, 6.45) is 3.35. The van der Waals surface area contributed by atoms with Gasteiger partial charge in [-0.05, 0) is 32.6 Å². The third-order valence-electron chi connectivity index (χ3n) is 4.13. The number of piperidine rings is 1. The van der Waals surface area contributed by atoms with E-state index < -0.39 is 5.54 Å². The van der Waals surface area contributed by atoms with E-state index in [4.69, 9.17) is 10.5 Å². The molecule has 0 spiro atoms. The Morgan fingerprint density at radius 2 is 2.06 bits per heavy atom. The van der Waals surface area contributed by atoms with Gasteiger partial charge in [0.15, 0.2) is 0 Å². The predicted molar refractivity (Wildman–Crippen MR) is 68.7 cm³/mol. The Morgan fingerprint density at radius 1 is 1.47 bits per heavy atom. The number of nitrogens with two attached hydrogens (primary N) is 1. The second-order valence-electron chi connectivity index (χ2n) is 5.35. The van der Waals surface area contributed by atoms with Crippen LogP contribution in [0.3, 0.4) is 0 Å². The van der Waals surface area contributed by atoms with E-state index in [1.54, 1.807) is 7.11 Å². The van der Waals surface area contributed by atoms with Gasteiger partial charge in [0.25, 0.3) is 0 Å². The third-order valence-corrected chi connectivity index (χ3v) is 4.13. The van der Waals surface area contributed by atoms with Crippen molar-refractivity contribution in [1.29, 1.82) is 0 Å². The normalized spacial score (nSPS) is 26.1. The van der Waals surface area contributed by atoms with Gasteiger partial charge in [-0.3, -0.25) is 4.79 Å². The quantitative estimate of drug-likeness (QED) is 0.813. The van der Waals surface area contributed by atoms with Crippen molar-refractivity contribution in [2.75, 3.05) is 20.2 Å². The monoisotopic (exact) mass is 242 g/mol. The van der Waals surface area contributed by atoms with Crippen molar-refractivity contribution in [3.8, 4) is 0 Å². The lowest BCUT2D eigenvalue weighted by molar-refractivity contribution is -0.145. The molecule has 1 aliphatic rings. The minimum absolute atomic E-state index is 0.0745. The van der Waals surface area contributed by atoms with Crippen LogP contribution in [0.5, 0.6) is 0 Å². The first-order valence-electron chi connectivity index (χ1n) is 6.54. The topological polar surface area (TPSA) is 55.6 Å². The molecule has 0 saturated carbocycles. The number of hydrogen-bond donors (Lipinski definition) is 1. The van der Waals surface area contributed by atoms with E-state index in [2.05, 4.69) is 6.92 Å². The first-order chi connectivity index (χ1) is 7.90. The zero-order chi connectivity index (χ0) is 13.1. The van der Waals surface area contributed by atoms with Crippen LogP contribution in [0.1, 0.15) is 46.5 Å². The highest BCUT2D eigenvalue weighted by Gasteiger charge is 2.39. The highest BCUT2D eigenvalue weighted by atomic mass is 16.5. The van der Waals surface area contributed by atoms with Crippen LogP contribution in [-0.2, 0) is 9.53 Å². The second-order valence-corrected chi connectivity index (χ2v) is 5.35. The summed E-state index contributed by atoms with van der Waals surface area (Å²) in [5.74, 6) is 0.0745. The van der Waals surface area contributed by atoms with Gasteiger partial charge in [-0.1, -0.05) is 13.8 Å². The van der Waals surface area contributed by atoms with Crippen molar-refractivity contribution < 1.29 is 9.53 Å². The molecule has 100 valence electrons. The standard InChI is InChI=1S/C13H26N2O2/c1-5-13(14,6-2)11(16)15-9-7-8-12(3,10-15)17-4/h5-10,14H2,1-4H3. The van der Waals surface area contributed by atoms with Gasteiger partial charge in [0, 0.05) is 20.2 Å². The Labute approximate surface area is 104 Å². The maximum absolute atomic E-state index is 12.4. The van der Waals surface area contributed by atoms with Crippen LogP contribution in [0.15, 0.2) is 0 Å². The van der Waals surface area contributed by atoms with Crippen LogP contribution in [-0.4, -0.2) is 42.1 Å². The SMILES string of the molecule is CCC(N)(CC)C(=O)N1CCCC(C)(OC)C1. The minimum Gasteiger partial charge on any atom is -0.377 e. The molecule has 2 N–H and O–H groups in total. The third kappa shape index (κ3) is 2.99. The fourth-order valence-corrected chi connectivity index (χ4v) is 2.41. The molecule has 1 aliphatic heterocycles. The molecule has 0 aliphatic carbocycles. The van der Waals surface area contributed by atoms with Crippen LogP contribution in [0.25, 0.3) is 0 Å². The lowest BCUT2D eigenvalue weighted by Gasteiger charge is -2.42. The fraction of sp³-hybridized carbons (Fsp3) is 0.923. The number of methoxy groups -OCH3 is 1. The maximum atomic E-state index is 12.4. The van der Waals surface area contributed by atoms with E-state index in [0.29, 0.717) is 19.4 Å². The Bertz CT molecular complexity index is 277. The summed E-state index contributed by atoms with van der Waals surface area (Å²) in [4.78, 5) is 14.3. The molecule has 1 heterocycles. The highest BCUT2D eigenvalue weighted by Crippen LogP contribution is 2.26. The number of carbonyl (C=O) groups is 1. The second kappa shape index (κ2) is 5.36. The number of likely N-dealkylation sites (tertiary alicyclic amines) is 1. The Kier molecular flexibility index (Phi) is 4.55. The molecule has 17 heavy (non-hydrogen) atoms. The van der Waals surface area contributed by atoms with E-state index >= 15 is 0 Å².